The molecule has 1 aromatic carbocycles. The van der Waals surface area contributed by atoms with Gasteiger partial charge in [-0.25, -0.2) is 8.42 Å². The normalized spacial score (nSPS) is 15.9. The lowest BCUT2D eigenvalue weighted by atomic mass is 10.1. The molecule has 0 aliphatic carbocycles. The molecule has 0 radical (unpaired) electrons. The number of hydrogen-bond acceptors (Lipinski definition) is 6. The van der Waals surface area contributed by atoms with Crippen molar-refractivity contribution in [1.82, 2.24) is 15.1 Å². The summed E-state index contributed by atoms with van der Waals surface area (Å²) < 4.78 is 28.1. The lowest BCUT2D eigenvalue weighted by Gasteiger charge is -2.32. The number of benzene rings is 1. The Morgan fingerprint density at radius 3 is 2.12 bits per heavy atom. The van der Waals surface area contributed by atoms with Crippen LogP contribution in [0.25, 0.3) is 0 Å². The molecule has 1 aliphatic rings. The van der Waals surface area contributed by atoms with E-state index in [0.29, 0.717) is 4.90 Å². The summed E-state index contributed by atoms with van der Waals surface area (Å²) in [6.07, 6.45) is 0. The molecule has 0 atom stereocenters. The van der Waals surface area contributed by atoms with Crippen LogP contribution in [0.5, 0.6) is 0 Å². The number of piperazine rings is 1. The lowest BCUT2D eigenvalue weighted by molar-refractivity contribution is 0.312. The Balaban J connectivity index is 1.78. The molecule has 0 unspecified atom stereocenters. The van der Waals surface area contributed by atoms with Gasteiger partial charge in [0, 0.05) is 26.2 Å². The van der Waals surface area contributed by atoms with Crippen LogP contribution in [0.4, 0.5) is 11.6 Å². The highest BCUT2D eigenvalue weighted by Gasteiger charge is 2.21. The van der Waals surface area contributed by atoms with E-state index in [0.717, 1.165) is 48.7 Å². The van der Waals surface area contributed by atoms with E-state index in [1.165, 1.54) is 0 Å². The molecule has 7 nitrogen and oxygen atoms in total. The Labute approximate surface area is 155 Å². The van der Waals surface area contributed by atoms with Crippen molar-refractivity contribution in [3.63, 3.8) is 0 Å². The van der Waals surface area contributed by atoms with Gasteiger partial charge in [0.15, 0.2) is 11.6 Å². The predicted molar refractivity (Wildman–Crippen MR) is 103 cm³/mol. The predicted octanol–water partition coefficient (Wildman–Crippen LogP) is 1.95. The van der Waals surface area contributed by atoms with E-state index in [-0.39, 0.29) is 5.82 Å². The van der Waals surface area contributed by atoms with Gasteiger partial charge in [0.05, 0.1) is 4.90 Å². The van der Waals surface area contributed by atoms with Crippen molar-refractivity contribution in [2.45, 2.75) is 25.7 Å². The monoisotopic (exact) mass is 375 g/mol. The minimum Gasteiger partial charge on any atom is -0.353 e. The van der Waals surface area contributed by atoms with E-state index >= 15 is 0 Å². The van der Waals surface area contributed by atoms with Crippen molar-refractivity contribution in [2.24, 2.45) is 0 Å². The first-order valence-electron chi connectivity index (χ1n) is 8.64. The van der Waals surface area contributed by atoms with Crippen LogP contribution < -0.4 is 9.62 Å². The fraction of sp³-hybridized carbons (Fsp3) is 0.444. The van der Waals surface area contributed by atoms with Crippen molar-refractivity contribution in [2.75, 3.05) is 42.8 Å². The molecular weight excluding hydrogens is 350 g/mol. The summed E-state index contributed by atoms with van der Waals surface area (Å²) in [5, 5.41) is 8.26. The molecule has 140 valence electrons. The largest absolute Gasteiger partial charge is 0.353 e. The molecule has 1 saturated heterocycles. The molecule has 3 rings (SSSR count). The zero-order valence-corrected chi connectivity index (χ0v) is 16.5. The first-order chi connectivity index (χ1) is 12.3. The highest BCUT2D eigenvalue weighted by molar-refractivity contribution is 7.92. The summed E-state index contributed by atoms with van der Waals surface area (Å²) in [6, 6.07) is 7.20. The summed E-state index contributed by atoms with van der Waals surface area (Å²) >= 11 is 0. The molecule has 1 fully saturated rings. The fourth-order valence-electron chi connectivity index (χ4n) is 3.36. The molecule has 2 heterocycles. The molecule has 1 N–H and O–H groups in total. The van der Waals surface area contributed by atoms with Crippen LogP contribution in [-0.4, -0.2) is 56.7 Å². The average molecular weight is 375 g/mol. The van der Waals surface area contributed by atoms with Gasteiger partial charge in [0.2, 0.25) is 0 Å². The van der Waals surface area contributed by atoms with Gasteiger partial charge in [0.1, 0.15) is 0 Å². The Bertz CT molecular complexity index is 865. The smallest absolute Gasteiger partial charge is 0.263 e. The Morgan fingerprint density at radius 1 is 0.962 bits per heavy atom. The quantitative estimate of drug-likeness (QED) is 0.880. The third kappa shape index (κ3) is 3.96. The minimum atomic E-state index is -3.71. The van der Waals surface area contributed by atoms with E-state index in [1.54, 1.807) is 19.9 Å². The maximum atomic E-state index is 12.8. The highest BCUT2D eigenvalue weighted by atomic mass is 32.2. The van der Waals surface area contributed by atoms with Gasteiger partial charge in [-0.05, 0) is 51.1 Å². The second kappa shape index (κ2) is 7.20. The molecule has 2 aromatic rings. The van der Waals surface area contributed by atoms with Crippen LogP contribution in [-0.2, 0) is 10.0 Å². The molecule has 0 saturated carbocycles. The summed E-state index contributed by atoms with van der Waals surface area (Å²) in [6.45, 7) is 9.28. The van der Waals surface area contributed by atoms with Crippen LogP contribution >= 0.6 is 0 Å². The SMILES string of the molecule is Cc1cc(C)c(S(=O)(=O)Nc2ccc(N3CCN(C)CC3)nn2)c(C)c1. The third-order valence-corrected chi connectivity index (χ3v) is 6.25. The minimum absolute atomic E-state index is 0.224. The Hall–Kier alpha value is -2.19. The first kappa shape index (κ1) is 18.6. The molecule has 1 aliphatic heterocycles. The van der Waals surface area contributed by atoms with Gasteiger partial charge in [0.25, 0.3) is 10.0 Å². The summed E-state index contributed by atoms with van der Waals surface area (Å²) in [5.74, 6) is 0.992. The second-order valence-corrected chi connectivity index (χ2v) is 8.52. The standard InChI is InChI=1S/C18H25N5O2S/c1-13-11-14(2)18(15(3)12-13)26(24,25)21-16-5-6-17(20-19-16)23-9-7-22(4)8-10-23/h5-6,11-12H,7-10H2,1-4H3,(H,19,21). The molecule has 0 spiro atoms. The molecule has 8 heteroatoms. The van der Waals surface area contributed by atoms with Crippen molar-refractivity contribution < 1.29 is 8.42 Å². The number of nitrogens with zero attached hydrogens (tertiary/aromatic N) is 4. The molecule has 26 heavy (non-hydrogen) atoms. The number of rotatable bonds is 4. The number of aromatic nitrogens is 2. The third-order valence-electron chi connectivity index (χ3n) is 4.59. The first-order valence-corrected chi connectivity index (χ1v) is 10.1. The molecule has 1 aromatic heterocycles. The average Bonchev–Trinajstić information content (AvgIpc) is 2.54. The van der Waals surface area contributed by atoms with Crippen molar-refractivity contribution in [3.8, 4) is 0 Å². The highest BCUT2D eigenvalue weighted by Crippen LogP contribution is 2.24. The van der Waals surface area contributed by atoms with Crippen LogP contribution in [0.15, 0.2) is 29.2 Å². The molecule has 0 amide bonds. The van der Waals surface area contributed by atoms with Crippen LogP contribution in [0.1, 0.15) is 16.7 Å². The topological polar surface area (TPSA) is 78.4 Å². The maximum Gasteiger partial charge on any atom is 0.263 e. The van der Waals surface area contributed by atoms with Crippen molar-refractivity contribution >= 4 is 21.7 Å². The molecule has 0 bridgehead atoms. The number of sulfonamides is 1. The lowest BCUT2D eigenvalue weighted by Crippen LogP contribution is -2.44. The number of aryl methyl sites for hydroxylation is 3. The van der Waals surface area contributed by atoms with Crippen molar-refractivity contribution in [1.29, 1.82) is 0 Å². The van der Waals surface area contributed by atoms with Crippen LogP contribution in [0.2, 0.25) is 0 Å². The van der Waals surface area contributed by atoms with E-state index < -0.39 is 10.0 Å². The maximum absolute atomic E-state index is 12.8. The van der Waals surface area contributed by atoms with Gasteiger partial charge in [-0.1, -0.05) is 17.7 Å². The van der Waals surface area contributed by atoms with E-state index in [2.05, 4.69) is 31.8 Å². The van der Waals surface area contributed by atoms with Crippen LogP contribution in [0, 0.1) is 20.8 Å². The summed E-state index contributed by atoms with van der Waals surface area (Å²) in [5.41, 5.74) is 2.48. The Kier molecular flexibility index (Phi) is 5.15. The van der Waals surface area contributed by atoms with Gasteiger partial charge < -0.3 is 9.80 Å². The van der Waals surface area contributed by atoms with Crippen molar-refractivity contribution in [3.05, 3.63) is 41.0 Å². The number of nitrogens with one attached hydrogen (secondary N) is 1. The van der Waals surface area contributed by atoms with E-state index in [9.17, 15) is 8.42 Å². The van der Waals surface area contributed by atoms with E-state index in [1.807, 2.05) is 25.1 Å². The van der Waals surface area contributed by atoms with E-state index in [4.69, 9.17) is 0 Å². The summed E-state index contributed by atoms with van der Waals surface area (Å²) in [7, 11) is -1.62. The number of anilines is 2. The summed E-state index contributed by atoms with van der Waals surface area (Å²) in [4.78, 5) is 4.71. The zero-order chi connectivity index (χ0) is 18.9. The van der Waals surface area contributed by atoms with Gasteiger partial charge in [-0.2, -0.15) is 0 Å². The Morgan fingerprint density at radius 2 is 1.58 bits per heavy atom. The number of hydrogen-bond donors (Lipinski definition) is 1. The zero-order valence-electron chi connectivity index (χ0n) is 15.7. The fourth-order valence-corrected chi connectivity index (χ4v) is 4.82. The molecular formula is C18H25N5O2S. The second-order valence-electron chi connectivity index (χ2n) is 6.90. The van der Waals surface area contributed by atoms with Crippen LogP contribution in [0.3, 0.4) is 0 Å². The number of likely N-dealkylation sites (N-methyl/N-ethyl adjacent to an activating group) is 1. The van der Waals surface area contributed by atoms with Gasteiger partial charge >= 0.3 is 0 Å². The van der Waals surface area contributed by atoms with Gasteiger partial charge in [-0.15, -0.1) is 10.2 Å². The van der Waals surface area contributed by atoms with Gasteiger partial charge in [-0.3, -0.25) is 4.72 Å².